The number of amides is 1. The number of fused-ring (bicyclic) bond motifs is 1. The van der Waals surface area contributed by atoms with Gasteiger partial charge in [0.05, 0.1) is 11.9 Å². The van der Waals surface area contributed by atoms with Crippen molar-refractivity contribution in [2.45, 2.75) is 24.8 Å². The standard InChI is InChI=1S/C9H15N3O2S/c1-6(13)9-12-8(14)7(10-2)3-4-11(12)5-15-9/h7,9-10H,3-5H2,1-2H3. The van der Waals surface area contributed by atoms with Crippen LogP contribution >= 0.6 is 11.8 Å². The van der Waals surface area contributed by atoms with Crippen molar-refractivity contribution in [1.29, 1.82) is 0 Å². The number of carbonyl (C=O) groups is 2. The Morgan fingerprint density at radius 2 is 2.33 bits per heavy atom. The van der Waals surface area contributed by atoms with Crippen molar-refractivity contribution in [2.24, 2.45) is 0 Å². The van der Waals surface area contributed by atoms with Crippen molar-refractivity contribution in [1.82, 2.24) is 15.3 Å². The third kappa shape index (κ3) is 1.77. The molecule has 2 saturated heterocycles. The van der Waals surface area contributed by atoms with Crippen molar-refractivity contribution in [2.75, 3.05) is 19.5 Å². The summed E-state index contributed by atoms with van der Waals surface area (Å²) in [4.78, 5) is 23.4. The predicted molar refractivity (Wildman–Crippen MR) is 57.9 cm³/mol. The Morgan fingerprint density at radius 1 is 1.60 bits per heavy atom. The van der Waals surface area contributed by atoms with E-state index in [0.717, 1.165) is 18.8 Å². The molecule has 84 valence electrons. The summed E-state index contributed by atoms with van der Waals surface area (Å²) in [5, 5.41) is 6.26. The molecule has 15 heavy (non-hydrogen) atoms. The van der Waals surface area contributed by atoms with Gasteiger partial charge in [-0.05, 0) is 20.4 Å². The van der Waals surface area contributed by atoms with Gasteiger partial charge in [-0.2, -0.15) is 0 Å². The lowest BCUT2D eigenvalue weighted by atomic mass is 10.1. The molecule has 2 heterocycles. The van der Waals surface area contributed by atoms with Gasteiger partial charge >= 0.3 is 0 Å². The van der Waals surface area contributed by atoms with Gasteiger partial charge < -0.3 is 5.32 Å². The maximum absolute atomic E-state index is 12.0. The van der Waals surface area contributed by atoms with Crippen LogP contribution in [0.3, 0.4) is 0 Å². The van der Waals surface area contributed by atoms with Gasteiger partial charge in [0.15, 0.2) is 11.2 Å². The summed E-state index contributed by atoms with van der Waals surface area (Å²) in [6, 6.07) is -0.137. The summed E-state index contributed by atoms with van der Waals surface area (Å²) in [6.07, 6.45) is 0.816. The molecule has 0 aromatic rings. The Hall–Kier alpha value is -0.590. The van der Waals surface area contributed by atoms with E-state index in [4.69, 9.17) is 0 Å². The number of thioether (sulfide) groups is 1. The number of carbonyl (C=O) groups excluding carboxylic acids is 2. The molecule has 2 atom stereocenters. The normalized spacial score (nSPS) is 31.9. The number of hydrogen-bond donors (Lipinski definition) is 1. The number of nitrogens with one attached hydrogen (secondary N) is 1. The molecule has 2 aliphatic heterocycles. The summed E-state index contributed by atoms with van der Waals surface area (Å²) < 4.78 is 0. The van der Waals surface area contributed by atoms with Crippen molar-refractivity contribution >= 4 is 23.5 Å². The molecule has 2 unspecified atom stereocenters. The van der Waals surface area contributed by atoms with Crippen LogP contribution in [0.1, 0.15) is 13.3 Å². The van der Waals surface area contributed by atoms with E-state index in [0.29, 0.717) is 0 Å². The summed E-state index contributed by atoms with van der Waals surface area (Å²) in [5.74, 6) is 0.813. The minimum absolute atomic E-state index is 0.0222. The maximum Gasteiger partial charge on any atom is 0.255 e. The second-order valence-corrected chi connectivity index (χ2v) is 4.84. The summed E-state index contributed by atoms with van der Waals surface area (Å²) in [5.41, 5.74) is 0. The zero-order valence-corrected chi connectivity index (χ0v) is 9.71. The van der Waals surface area contributed by atoms with E-state index in [1.54, 1.807) is 12.1 Å². The third-order valence-corrected chi connectivity index (χ3v) is 4.10. The molecule has 6 heteroatoms. The minimum Gasteiger partial charge on any atom is -0.309 e. The molecular formula is C9H15N3O2S. The average Bonchev–Trinajstić information content (AvgIpc) is 2.63. The molecule has 2 fully saturated rings. The largest absolute Gasteiger partial charge is 0.309 e. The van der Waals surface area contributed by atoms with E-state index >= 15 is 0 Å². The lowest BCUT2D eigenvalue weighted by Gasteiger charge is -2.37. The van der Waals surface area contributed by atoms with Crippen LogP contribution in [0.25, 0.3) is 0 Å². The lowest BCUT2D eigenvalue weighted by Crippen LogP contribution is -2.59. The van der Waals surface area contributed by atoms with Crippen molar-refractivity contribution in [3.63, 3.8) is 0 Å². The highest BCUT2D eigenvalue weighted by molar-refractivity contribution is 8.00. The lowest BCUT2D eigenvalue weighted by molar-refractivity contribution is -0.158. The Bertz CT molecular complexity index is 297. The van der Waals surface area contributed by atoms with Gasteiger partial charge in [0.1, 0.15) is 0 Å². The molecule has 0 aliphatic carbocycles. The van der Waals surface area contributed by atoms with Crippen molar-refractivity contribution in [3.8, 4) is 0 Å². The fraction of sp³-hybridized carbons (Fsp3) is 0.778. The number of ketones is 1. The smallest absolute Gasteiger partial charge is 0.255 e. The first-order chi connectivity index (χ1) is 7.15. The van der Waals surface area contributed by atoms with Gasteiger partial charge in [-0.3, -0.25) is 14.6 Å². The predicted octanol–water partition coefficient (Wildman–Crippen LogP) is -0.357. The highest BCUT2D eigenvalue weighted by Gasteiger charge is 2.43. The van der Waals surface area contributed by atoms with Crippen LogP contribution in [0.5, 0.6) is 0 Å². The van der Waals surface area contributed by atoms with Crippen LogP contribution in [-0.2, 0) is 9.59 Å². The zero-order chi connectivity index (χ0) is 11.0. The van der Waals surface area contributed by atoms with Gasteiger partial charge in [0.25, 0.3) is 5.91 Å². The number of hydrogen-bond acceptors (Lipinski definition) is 5. The Morgan fingerprint density at radius 3 is 2.93 bits per heavy atom. The molecule has 0 bridgehead atoms. The number of Topliss-reactive ketones (excluding diaryl/α,β-unsaturated/α-hetero) is 1. The molecule has 0 aromatic carbocycles. The molecule has 0 spiro atoms. The van der Waals surface area contributed by atoms with Gasteiger partial charge in [-0.25, -0.2) is 5.01 Å². The van der Waals surface area contributed by atoms with E-state index in [1.165, 1.54) is 18.7 Å². The first-order valence-corrected chi connectivity index (χ1v) is 6.07. The van der Waals surface area contributed by atoms with Crippen LogP contribution in [0.2, 0.25) is 0 Å². The number of likely N-dealkylation sites (N-methyl/N-ethyl adjacent to an activating group) is 1. The quantitative estimate of drug-likeness (QED) is 0.701. The Balaban J connectivity index is 2.18. The molecule has 0 radical (unpaired) electrons. The van der Waals surface area contributed by atoms with Crippen LogP contribution in [0, 0.1) is 0 Å². The van der Waals surface area contributed by atoms with Gasteiger partial charge in [-0.15, -0.1) is 11.8 Å². The minimum atomic E-state index is -0.311. The van der Waals surface area contributed by atoms with E-state index < -0.39 is 0 Å². The average molecular weight is 229 g/mol. The van der Waals surface area contributed by atoms with Crippen LogP contribution in [-0.4, -0.2) is 52.6 Å². The fourth-order valence-corrected chi connectivity index (χ4v) is 3.16. The first-order valence-electron chi connectivity index (χ1n) is 5.02. The fourth-order valence-electron chi connectivity index (χ4n) is 1.98. The molecule has 0 saturated carbocycles. The number of hydrazine groups is 1. The molecule has 0 aromatic heterocycles. The summed E-state index contributed by atoms with van der Waals surface area (Å²) >= 11 is 1.53. The highest BCUT2D eigenvalue weighted by atomic mass is 32.2. The Labute approximate surface area is 93.1 Å². The van der Waals surface area contributed by atoms with Gasteiger partial charge in [0, 0.05) is 6.54 Å². The third-order valence-electron chi connectivity index (χ3n) is 2.80. The van der Waals surface area contributed by atoms with Crippen LogP contribution in [0.4, 0.5) is 0 Å². The molecule has 2 rings (SSSR count). The summed E-state index contributed by atoms with van der Waals surface area (Å²) in [7, 11) is 1.78. The molecule has 5 nitrogen and oxygen atoms in total. The van der Waals surface area contributed by atoms with Gasteiger partial charge in [-0.1, -0.05) is 0 Å². The Kier molecular flexibility index (Phi) is 2.99. The van der Waals surface area contributed by atoms with E-state index in [1.807, 2.05) is 5.01 Å². The van der Waals surface area contributed by atoms with Crippen molar-refractivity contribution in [3.05, 3.63) is 0 Å². The molecule has 2 aliphatic rings. The van der Waals surface area contributed by atoms with E-state index in [2.05, 4.69) is 5.32 Å². The zero-order valence-electron chi connectivity index (χ0n) is 8.90. The van der Waals surface area contributed by atoms with Crippen LogP contribution in [0.15, 0.2) is 0 Å². The van der Waals surface area contributed by atoms with Crippen LogP contribution < -0.4 is 5.32 Å². The number of rotatable bonds is 2. The summed E-state index contributed by atoms with van der Waals surface area (Å²) in [6.45, 7) is 2.38. The van der Waals surface area contributed by atoms with Crippen molar-refractivity contribution < 1.29 is 9.59 Å². The highest BCUT2D eigenvalue weighted by Crippen LogP contribution is 2.32. The topological polar surface area (TPSA) is 52.7 Å². The second-order valence-electron chi connectivity index (χ2n) is 3.80. The molecule has 1 amide bonds. The maximum atomic E-state index is 12.0. The SMILES string of the molecule is CNC1CCN2CSC(C(C)=O)N2C1=O. The number of nitrogens with zero attached hydrogens (tertiary/aromatic N) is 2. The molecule has 1 N–H and O–H groups in total. The second kappa shape index (κ2) is 4.11. The monoisotopic (exact) mass is 229 g/mol. The van der Waals surface area contributed by atoms with Gasteiger partial charge in [0.2, 0.25) is 0 Å². The molecular weight excluding hydrogens is 214 g/mol. The first kappa shape index (κ1) is 10.9. The van der Waals surface area contributed by atoms with E-state index in [9.17, 15) is 9.59 Å². The van der Waals surface area contributed by atoms with E-state index in [-0.39, 0.29) is 23.1 Å².